The van der Waals surface area contributed by atoms with Crippen LogP contribution in [-0.4, -0.2) is 4.21 Å². The fourth-order valence-electron chi connectivity index (χ4n) is 1.60. The molecule has 0 aliphatic carbocycles. The van der Waals surface area contributed by atoms with Gasteiger partial charge in [-0.2, -0.15) is 0 Å². The van der Waals surface area contributed by atoms with Gasteiger partial charge in [-0.25, -0.2) is 13.2 Å². The zero-order valence-electron chi connectivity index (χ0n) is 9.70. The minimum atomic E-state index is -1.67. The van der Waals surface area contributed by atoms with Crippen molar-refractivity contribution < 1.29 is 17.4 Å². The van der Waals surface area contributed by atoms with E-state index in [-0.39, 0.29) is 21.9 Å². The second-order valence-corrected chi connectivity index (χ2v) is 5.33. The minimum Gasteiger partial charge on any atom is -0.398 e. The van der Waals surface area contributed by atoms with Crippen LogP contribution in [0.5, 0.6) is 0 Å². The molecule has 0 aliphatic rings. The lowest BCUT2D eigenvalue weighted by Crippen LogP contribution is -2.03. The van der Waals surface area contributed by atoms with Gasteiger partial charge in [0.1, 0.15) is 17.5 Å². The van der Waals surface area contributed by atoms with E-state index in [9.17, 15) is 17.4 Å². The summed E-state index contributed by atoms with van der Waals surface area (Å²) in [6.45, 7) is 0. The molecular formula is C13H10F3NOS. The zero-order valence-corrected chi connectivity index (χ0v) is 10.5. The summed E-state index contributed by atoms with van der Waals surface area (Å²) in [6, 6.07) is 6.36. The second kappa shape index (κ2) is 5.44. The average Bonchev–Trinajstić information content (AvgIpc) is 2.33. The van der Waals surface area contributed by atoms with Gasteiger partial charge in [-0.05, 0) is 36.4 Å². The standard InChI is InChI=1S/C13H10F3NOS/c14-9-1-3-11(16)8(5-9)7-19(18)13-4-2-10(15)6-12(13)17/h1-6H,7,17H2. The zero-order chi connectivity index (χ0) is 14.0. The first-order valence-electron chi connectivity index (χ1n) is 5.34. The summed E-state index contributed by atoms with van der Waals surface area (Å²) < 4.78 is 51.3. The van der Waals surface area contributed by atoms with Crippen molar-refractivity contribution in [2.24, 2.45) is 0 Å². The van der Waals surface area contributed by atoms with Crippen LogP contribution in [0.25, 0.3) is 0 Å². The maximum Gasteiger partial charge on any atom is 0.127 e. The van der Waals surface area contributed by atoms with Crippen LogP contribution in [-0.2, 0) is 16.6 Å². The van der Waals surface area contributed by atoms with E-state index in [0.29, 0.717) is 0 Å². The van der Waals surface area contributed by atoms with E-state index in [1.165, 1.54) is 6.07 Å². The van der Waals surface area contributed by atoms with E-state index in [1.54, 1.807) is 0 Å². The van der Waals surface area contributed by atoms with E-state index in [0.717, 1.165) is 30.3 Å². The van der Waals surface area contributed by atoms with Crippen molar-refractivity contribution in [2.45, 2.75) is 10.6 Å². The first kappa shape index (κ1) is 13.6. The highest BCUT2D eigenvalue weighted by molar-refractivity contribution is 7.84. The van der Waals surface area contributed by atoms with Crippen molar-refractivity contribution in [1.29, 1.82) is 0 Å². The van der Waals surface area contributed by atoms with Crippen molar-refractivity contribution in [3.63, 3.8) is 0 Å². The van der Waals surface area contributed by atoms with Crippen LogP contribution in [0.1, 0.15) is 5.56 Å². The quantitative estimate of drug-likeness (QED) is 0.881. The Morgan fingerprint density at radius 2 is 1.63 bits per heavy atom. The normalized spacial score (nSPS) is 12.4. The van der Waals surface area contributed by atoms with Gasteiger partial charge >= 0.3 is 0 Å². The molecule has 0 bridgehead atoms. The van der Waals surface area contributed by atoms with Crippen LogP contribution >= 0.6 is 0 Å². The highest BCUT2D eigenvalue weighted by Crippen LogP contribution is 2.21. The van der Waals surface area contributed by atoms with Gasteiger partial charge < -0.3 is 5.73 Å². The van der Waals surface area contributed by atoms with Crippen LogP contribution < -0.4 is 5.73 Å². The lowest BCUT2D eigenvalue weighted by atomic mass is 10.2. The van der Waals surface area contributed by atoms with Gasteiger partial charge in [0.2, 0.25) is 0 Å². The van der Waals surface area contributed by atoms with Crippen molar-refractivity contribution in [3.8, 4) is 0 Å². The van der Waals surface area contributed by atoms with Crippen LogP contribution in [0.15, 0.2) is 41.3 Å². The van der Waals surface area contributed by atoms with Crippen molar-refractivity contribution in [1.82, 2.24) is 0 Å². The molecular weight excluding hydrogens is 275 g/mol. The molecule has 0 heterocycles. The van der Waals surface area contributed by atoms with Gasteiger partial charge in [0.15, 0.2) is 0 Å². The van der Waals surface area contributed by atoms with Gasteiger partial charge in [0, 0.05) is 5.56 Å². The summed E-state index contributed by atoms with van der Waals surface area (Å²) in [5, 5.41) is 0. The Labute approximate surface area is 110 Å². The SMILES string of the molecule is Nc1cc(F)ccc1S(=O)Cc1cc(F)ccc1F. The van der Waals surface area contributed by atoms with Gasteiger partial charge in [0.05, 0.1) is 27.1 Å². The fourth-order valence-corrected chi connectivity index (χ4v) is 2.80. The van der Waals surface area contributed by atoms with E-state index >= 15 is 0 Å². The lowest BCUT2D eigenvalue weighted by Gasteiger charge is -2.07. The predicted molar refractivity (Wildman–Crippen MR) is 67.3 cm³/mol. The van der Waals surface area contributed by atoms with Crippen molar-refractivity contribution in [2.75, 3.05) is 5.73 Å². The smallest absolute Gasteiger partial charge is 0.127 e. The summed E-state index contributed by atoms with van der Waals surface area (Å²) in [6.07, 6.45) is 0. The van der Waals surface area contributed by atoms with Crippen LogP contribution in [0.3, 0.4) is 0 Å². The number of benzene rings is 2. The highest BCUT2D eigenvalue weighted by atomic mass is 32.2. The molecule has 0 fully saturated rings. The number of anilines is 1. The Hall–Kier alpha value is -1.82. The molecule has 2 aromatic carbocycles. The molecule has 100 valence electrons. The van der Waals surface area contributed by atoms with Gasteiger partial charge in [-0.15, -0.1) is 0 Å². The molecule has 0 radical (unpaired) electrons. The molecule has 1 atom stereocenters. The maximum absolute atomic E-state index is 13.4. The maximum atomic E-state index is 13.4. The molecule has 2 aromatic rings. The summed E-state index contributed by atoms with van der Waals surface area (Å²) >= 11 is 0. The number of halogens is 3. The van der Waals surface area contributed by atoms with Crippen LogP contribution in [0.4, 0.5) is 18.9 Å². The molecule has 0 aliphatic heterocycles. The summed E-state index contributed by atoms with van der Waals surface area (Å²) in [7, 11) is -1.67. The number of hydrogen-bond donors (Lipinski definition) is 1. The van der Waals surface area contributed by atoms with Crippen LogP contribution in [0.2, 0.25) is 0 Å². The molecule has 19 heavy (non-hydrogen) atoms. The second-order valence-electron chi connectivity index (χ2n) is 3.91. The molecule has 2 nitrogen and oxygen atoms in total. The molecule has 0 amide bonds. The van der Waals surface area contributed by atoms with E-state index in [2.05, 4.69) is 0 Å². The van der Waals surface area contributed by atoms with Gasteiger partial charge in [-0.3, -0.25) is 4.21 Å². The average molecular weight is 285 g/mol. The van der Waals surface area contributed by atoms with Gasteiger partial charge in [-0.1, -0.05) is 0 Å². The van der Waals surface area contributed by atoms with Crippen molar-refractivity contribution >= 4 is 16.5 Å². The topological polar surface area (TPSA) is 43.1 Å². The molecule has 6 heteroatoms. The third-order valence-electron chi connectivity index (χ3n) is 2.51. The van der Waals surface area contributed by atoms with Gasteiger partial charge in [0.25, 0.3) is 0 Å². The van der Waals surface area contributed by atoms with Crippen molar-refractivity contribution in [3.05, 3.63) is 59.4 Å². The molecule has 0 saturated heterocycles. The molecule has 2 rings (SSSR count). The largest absolute Gasteiger partial charge is 0.398 e. The summed E-state index contributed by atoms with van der Waals surface area (Å²) in [5.74, 6) is -2.02. The molecule has 1 unspecified atom stereocenters. The first-order valence-corrected chi connectivity index (χ1v) is 6.66. The lowest BCUT2D eigenvalue weighted by molar-refractivity contribution is 0.590. The summed E-state index contributed by atoms with van der Waals surface area (Å²) in [4.78, 5) is 0.199. The van der Waals surface area contributed by atoms with Crippen LogP contribution in [0, 0.1) is 17.5 Å². The Kier molecular flexibility index (Phi) is 3.90. The number of nitrogens with two attached hydrogens (primary N) is 1. The fraction of sp³-hybridized carbons (Fsp3) is 0.0769. The van der Waals surface area contributed by atoms with E-state index in [4.69, 9.17) is 5.73 Å². The summed E-state index contributed by atoms with van der Waals surface area (Å²) in [5.41, 5.74) is 5.55. The first-order chi connectivity index (χ1) is 8.97. The van der Waals surface area contributed by atoms with E-state index in [1.807, 2.05) is 0 Å². The number of nitrogen functional groups attached to an aromatic ring is 1. The van der Waals surface area contributed by atoms with E-state index < -0.39 is 28.3 Å². The predicted octanol–water partition coefficient (Wildman–Crippen LogP) is 2.99. The Bertz CT molecular complexity index is 646. The minimum absolute atomic E-state index is 0.0120. The monoisotopic (exact) mass is 285 g/mol. The molecule has 0 spiro atoms. The Morgan fingerprint density at radius 1 is 1.00 bits per heavy atom. The third kappa shape index (κ3) is 3.14. The molecule has 0 saturated carbocycles. The Morgan fingerprint density at radius 3 is 2.32 bits per heavy atom. The molecule has 0 aromatic heterocycles. The third-order valence-corrected chi connectivity index (χ3v) is 3.95. The highest BCUT2D eigenvalue weighted by Gasteiger charge is 2.13. The number of hydrogen-bond acceptors (Lipinski definition) is 2. The Balaban J connectivity index is 2.28. The molecule has 2 N–H and O–H groups in total. The number of rotatable bonds is 3.